The first-order valence-corrected chi connectivity index (χ1v) is 9.92. The number of halogens is 3. The van der Waals surface area contributed by atoms with E-state index in [-0.39, 0.29) is 11.9 Å². The molecule has 1 amide bonds. The highest BCUT2D eigenvalue weighted by molar-refractivity contribution is 7.13. The third-order valence-corrected chi connectivity index (χ3v) is 5.73. The van der Waals surface area contributed by atoms with Gasteiger partial charge in [-0.3, -0.25) is 4.79 Å². The SMILES string of the molecule is O=C(NC1CCCC1)c1ccc(-n2nc(C(F)(F)F)cc2-c2cccs2)cc1. The fourth-order valence-electron chi connectivity index (χ4n) is 3.41. The van der Waals surface area contributed by atoms with Crippen LogP contribution >= 0.6 is 11.3 Å². The van der Waals surface area contributed by atoms with Crippen molar-refractivity contribution in [3.8, 4) is 16.3 Å². The van der Waals surface area contributed by atoms with Gasteiger partial charge in [0.2, 0.25) is 0 Å². The Labute approximate surface area is 164 Å². The van der Waals surface area contributed by atoms with Crippen LogP contribution < -0.4 is 5.32 Å². The van der Waals surface area contributed by atoms with Gasteiger partial charge in [-0.1, -0.05) is 18.9 Å². The van der Waals surface area contributed by atoms with Gasteiger partial charge in [-0.15, -0.1) is 11.3 Å². The zero-order valence-corrected chi connectivity index (χ0v) is 15.7. The van der Waals surface area contributed by atoms with Crippen LogP contribution in [0.15, 0.2) is 47.8 Å². The van der Waals surface area contributed by atoms with E-state index in [0.29, 0.717) is 21.8 Å². The van der Waals surface area contributed by atoms with Crippen molar-refractivity contribution in [3.05, 3.63) is 59.1 Å². The summed E-state index contributed by atoms with van der Waals surface area (Å²) in [6.45, 7) is 0. The number of hydrogen-bond donors (Lipinski definition) is 1. The van der Waals surface area contributed by atoms with E-state index in [2.05, 4.69) is 10.4 Å². The molecule has 1 fully saturated rings. The Morgan fingerprint density at radius 2 is 1.86 bits per heavy atom. The molecule has 4 rings (SSSR count). The molecule has 0 atom stereocenters. The summed E-state index contributed by atoms with van der Waals surface area (Å²) in [4.78, 5) is 13.0. The molecule has 0 bridgehead atoms. The molecule has 2 aromatic heterocycles. The monoisotopic (exact) mass is 405 g/mol. The summed E-state index contributed by atoms with van der Waals surface area (Å²) >= 11 is 1.34. The standard InChI is InChI=1S/C20H18F3N3OS/c21-20(22,23)18-12-16(17-6-3-11-28-17)26(25-18)15-9-7-13(8-10-15)19(27)24-14-4-1-2-5-14/h3,6-12,14H,1-2,4-5H2,(H,24,27). The number of thiophene rings is 1. The molecule has 3 aromatic rings. The van der Waals surface area contributed by atoms with Gasteiger partial charge in [-0.25, -0.2) is 4.68 Å². The summed E-state index contributed by atoms with van der Waals surface area (Å²) in [6, 6.07) is 11.3. The van der Waals surface area contributed by atoms with E-state index in [9.17, 15) is 18.0 Å². The van der Waals surface area contributed by atoms with Crippen molar-refractivity contribution in [3.63, 3.8) is 0 Å². The van der Waals surface area contributed by atoms with Gasteiger partial charge in [0, 0.05) is 11.6 Å². The summed E-state index contributed by atoms with van der Waals surface area (Å²) in [7, 11) is 0. The minimum atomic E-state index is -4.53. The molecule has 28 heavy (non-hydrogen) atoms. The number of amides is 1. The normalized spacial score (nSPS) is 15.1. The Morgan fingerprint density at radius 3 is 2.46 bits per heavy atom. The second-order valence-electron chi connectivity index (χ2n) is 6.80. The average molecular weight is 405 g/mol. The Morgan fingerprint density at radius 1 is 1.14 bits per heavy atom. The molecule has 1 aromatic carbocycles. The number of rotatable bonds is 4. The summed E-state index contributed by atoms with van der Waals surface area (Å²) in [5.41, 5.74) is 0.372. The first-order valence-electron chi connectivity index (χ1n) is 9.04. The first kappa shape index (κ1) is 18.7. The molecule has 1 saturated carbocycles. The van der Waals surface area contributed by atoms with E-state index in [1.165, 1.54) is 16.0 Å². The summed E-state index contributed by atoms with van der Waals surface area (Å²) < 4.78 is 40.8. The van der Waals surface area contributed by atoms with Gasteiger partial charge < -0.3 is 5.32 Å². The van der Waals surface area contributed by atoms with Gasteiger partial charge in [0.05, 0.1) is 16.3 Å². The van der Waals surface area contributed by atoms with Gasteiger partial charge in [0.1, 0.15) is 0 Å². The van der Waals surface area contributed by atoms with Crippen molar-refractivity contribution < 1.29 is 18.0 Å². The lowest BCUT2D eigenvalue weighted by molar-refractivity contribution is -0.141. The highest BCUT2D eigenvalue weighted by Crippen LogP contribution is 2.34. The lowest BCUT2D eigenvalue weighted by Gasteiger charge is -2.12. The number of hydrogen-bond acceptors (Lipinski definition) is 3. The summed E-state index contributed by atoms with van der Waals surface area (Å²) in [5.74, 6) is -0.159. The maximum atomic E-state index is 13.2. The zero-order valence-electron chi connectivity index (χ0n) is 14.9. The summed E-state index contributed by atoms with van der Waals surface area (Å²) in [6.07, 6.45) is -0.312. The molecule has 146 valence electrons. The molecule has 0 saturated heterocycles. The lowest BCUT2D eigenvalue weighted by atomic mass is 10.1. The van der Waals surface area contributed by atoms with Crippen molar-refractivity contribution in [2.45, 2.75) is 37.9 Å². The smallest absolute Gasteiger partial charge is 0.349 e. The zero-order chi connectivity index (χ0) is 19.7. The lowest BCUT2D eigenvalue weighted by Crippen LogP contribution is -2.32. The third-order valence-electron chi connectivity index (χ3n) is 4.84. The van der Waals surface area contributed by atoms with Crippen molar-refractivity contribution in [2.24, 2.45) is 0 Å². The number of carbonyl (C=O) groups excluding carboxylic acids is 1. The van der Waals surface area contributed by atoms with Gasteiger partial charge in [-0.05, 0) is 54.6 Å². The number of benzene rings is 1. The third kappa shape index (κ3) is 3.82. The Kier molecular flexibility index (Phi) is 4.97. The molecule has 0 aliphatic heterocycles. The highest BCUT2D eigenvalue weighted by Gasteiger charge is 2.35. The van der Waals surface area contributed by atoms with Gasteiger partial charge in [0.15, 0.2) is 5.69 Å². The largest absolute Gasteiger partial charge is 0.435 e. The van der Waals surface area contributed by atoms with Gasteiger partial charge >= 0.3 is 6.18 Å². The van der Waals surface area contributed by atoms with E-state index >= 15 is 0 Å². The summed E-state index contributed by atoms with van der Waals surface area (Å²) in [5, 5.41) is 8.57. The van der Waals surface area contributed by atoms with Crippen molar-refractivity contribution >= 4 is 17.2 Å². The maximum Gasteiger partial charge on any atom is 0.435 e. The molecule has 2 heterocycles. The molecule has 0 unspecified atom stereocenters. The number of nitrogens with zero attached hydrogens (tertiary/aromatic N) is 2. The van der Waals surface area contributed by atoms with Crippen LogP contribution in [-0.2, 0) is 6.18 Å². The quantitative estimate of drug-likeness (QED) is 0.641. The Hall–Kier alpha value is -2.61. The van der Waals surface area contributed by atoms with Gasteiger partial charge in [0.25, 0.3) is 5.91 Å². The second-order valence-corrected chi connectivity index (χ2v) is 7.75. The van der Waals surface area contributed by atoms with Crippen LogP contribution in [0.4, 0.5) is 13.2 Å². The van der Waals surface area contributed by atoms with Crippen LogP contribution in [-0.4, -0.2) is 21.7 Å². The molecule has 1 N–H and O–H groups in total. The maximum absolute atomic E-state index is 13.2. The molecular weight excluding hydrogens is 387 g/mol. The van der Waals surface area contributed by atoms with E-state index in [1.54, 1.807) is 41.8 Å². The second kappa shape index (κ2) is 7.43. The van der Waals surface area contributed by atoms with Crippen LogP contribution in [0.2, 0.25) is 0 Å². The van der Waals surface area contributed by atoms with E-state index in [0.717, 1.165) is 31.7 Å². The van der Waals surface area contributed by atoms with Crippen LogP contribution in [0.5, 0.6) is 0 Å². The fourth-order valence-corrected chi connectivity index (χ4v) is 4.14. The van der Waals surface area contributed by atoms with E-state index in [4.69, 9.17) is 0 Å². The number of carbonyl (C=O) groups is 1. The first-order chi connectivity index (χ1) is 13.4. The molecular formula is C20H18F3N3OS. The van der Waals surface area contributed by atoms with Crippen molar-refractivity contribution in [2.75, 3.05) is 0 Å². The topological polar surface area (TPSA) is 46.9 Å². The van der Waals surface area contributed by atoms with E-state index < -0.39 is 11.9 Å². The molecule has 4 nitrogen and oxygen atoms in total. The van der Waals surface area contributed by atoms with Crippen LogP contribution in [0.3, 0.4) is 0 Å². The number of aromatic nitrogens is 2. The Bertz CT molecular complexity index is 956. The highest BCUT2D eigenvalue weighted by atomic mass is 32.1. The minimum absolute atomic E-state index is 0.159. The van der Waals surface area contributed by atoms with Gasteiger partial charge in [-0.2, -0.15) is 18.3 Å². The van der Waals surface area contributed by atoms with Crippen LogP contribution in [0, 0.1) is 0 Å². The Balaban J connectivity index is 1.63. The van der Waals surface area contributed by atoms with Crippen LogP contribution in [0.1, 0.15) is 41.7 Å². The number of nitrogens with one attached hydrogen (secondary N) is 1. The molecule has 1 aliphatic rings. The van der Waals surface area contributed by atoms with Crippen LogP contribution in [0.25, 0.3) is 16.3 Å². The molecule has 1 aliphatic carbocycles. The minimum Gasteiger partial charge on any atom is -0.349 e. The molecule has 8 heteroatoms. The van der Waals surface area contributed by atoms with Crippen molar-refractivity contribution in [1.82, 2.24) is 15.1 Å². The molecule has 0 spiro atoms. The van der Waals surface area contributed by atoms with Crippen molar-refractivity contribution in [1.29, 1.82) is 0 Å². The average Bonchev–Trinajstić information content (AvgIpc) is 3.41. The predicted octanol–water partition coefficient (Wildman–Crippen LogP) is 5.29. The fraction of sp³-hybridized carbons (Fsp3) is 0.300. The predicted molar refractivity (Wildman–Crippen MR) is 102 cm³/mol. The molecule has 0 radical (unpaired) electrons. The van der Waals surface area contributed by atoms with E-state index in [1.807, 2.05) is 0 Å². The number of alkyl halides is 3.